The maximum atomic E-state index is 12.1. The molecule has 7 heteroatoms. The van der Waals surface area contributed by atoms with Crippen molar-refractivity contribution in [1.29, 1.82) is 0 Å². The highest BCUT2D eigenvalue weighted by molar-refractivity contribution is 9.10. The van der Waals surface area contributed by atoms with Gasteiger partial charge in [-0.15, -0.1) is 0 Å². The summed E-state index contributed by atoms with van der Waals surface area (Å²) in [5.41, 5.74) is 4.70. The molecule has 0 bridgehead atoms. The first-order valence-corrected chi connectivity index (χ1v) is 6.42. The Bertz CT molecular complexity index is 519. The maximum absolute atomic E-state index is 12.1. The minimum Gasteiger partial charge on any atom is -0.507 e. The van der Waals surface area contributed by atoms with Crippen LogP contribution in [0.3, 0.4) is 0 Å². The molecule has 1 atom stereocenters. The zero-order chi connectivity index (χ0) is 14.6. The number of halogens is 1. The Hall–Kier alpha value is -1.76. The first-order valence-electron chi connectivity index (χ1n) is 5.63. The van der Waals surface area contributed by atoms with Crippen LogP contribution in [0.5, 0.6) is 5.75 Å². The second-order valence-electron chi connectivity index (χ2n) is 4.29. The average molecular weight is 330 g/mol. The van der Waals surface area contributed by atoms with Crippen molar-refractivity contribution in [2.24, 2.45) is 10.9 Å². The van der Waals surface area contributed by atoms with E-state index in [1.165, 1.54) is 12.1 Å². The molecule has 1 rings (SSSR count). The van der Waals surface area contributed by atoms with Gasteiger partial charge in [0, 0.05) is 4.47 Å². The van der Waals surface area contributed by atoms with E-state index in [1.54, 1.807) is 19.9 Å². The largest absolute Gasteiger partial charge is 0.507 e. The first kappa shape index (κ1) is 15.3. The molecule has 0 saturated heterocycles. The summed E-state index contributed by atoms with van der Waals surface area (Å²) in [4.78, 5) is 12.1. The van der Waals surface area contributed by atoms with E-state index in [-0.39, 0.29) is 17.1 Å². The predicted molar refractivity (Wildman–Crippen MR) is 75.4 cm³/mol. The molecule has 1 aromatic rings. The quantitative estimate of drug-likeness (QED) is 0.292. The van der Waals surface area contributed by atoms with Crippen LogP contribution in [-0.4, -0.2) is 27.6 Å². The Balaban J connectivity index is 3.05. The third-order valence-corrected chi connectivity index (χ3v) is 3.47. The fourth-order valence-corrected chi connectivity index (χ4v) is 1.81. The highest BCUT2D eigenvalue weighted by Gasteiger charge is 2.30. The van der Waals surface area contributed by atoms with Gasteiger partial charge in [0.05, 0.1) is 11.1 Å². The van der Waals surface area contributed by atoms with Crippen LogP contribution < -0.4 is 11.1 Å². The van der Waals surface area contributed by atoms with E-state index >= 15 is 0 Å². The Morgan fingerprint density at radius 1 is 1.58 bits per heavy atom. The van der Waals surface area contributed by atoms with Gasteiger partial charge < -0.3 is 21.4 Å². The molecule has 0 aliphatic rings. The van der Waals surface area contributed by atoms with E-state index < -0.39 is 11.4 Å². The predicted octanol–water partition coefficient (Wildman–Crippen LogP) is 1.80. The molecule has 0 aliphatic carbocycles. The van der Waals surface area contributed by atoms with Gasteiger partial charge in [-0.05, 0) is 31.5 Å². The van der Waals surface area contributed by atoms with Gasteiger partial charge >= 0.3 is 0 Å². The molecule has 0 fully saturated rings. The Morgan fingerprint density at radius 3 is 2.74 bits per heavy atom. The lowest BCUT2D eigenvalue weighted by molar-refractivity contribution is 0.0922. The molecule has 19 heavy (non-hydrogen) atoms. The smallest absolute Gasteiger partial charge is 0.255 e. The first-order chi connectivity index (χ1) is 8.84. The molecular formula is C12H16BrN3O3. The number of carbonyl (C=O) groups is 1. The number of rotatable bonds is 4. The van der Waals surface area contributed by atoms with E-state index in [1.807, 2.05) is 0 Å². The van der Waals surface area contributed by atoms with Crippen molar-refractivity contribution in [2.45, 2.75) is 25.8 Å². The molecule has 1 aromatic carbocycles. The Labute approximate surface area is 119 Å². The third-order valence-electron chi connectivity index (χ3n) is 2.97. The molecule has 5 N–H and O–H groups in total. The molecule has 6 nitrogen and oxygen atoms in total. The number of hydrogen-bond acceptors (Lipinski definition) is 4. The monoisotopic (exact) mass is 329 g/mol. The molecule has 0 spiro atoms. The molecule has 0 saturated carbocycles. The van der Waals surface area contributed by atoms with Crippen molar-refractivity contribution in [3.63, 3.8) is 0 Å². The number of amides is 1. The zero-order valence-electron chi connectivity index (χ0n) is 10.6. The second kappa shape index (κ2) is 5.92. The highest BCUT2D eigenvalue weighted by Crippen LogP contribution is 2.22. The van der Waals surface area contributed by atoms with Gasteiger partial charge in [-0.1, -0.05) is 28.0 Å². The number of nitrogens with two attached hydrogens (primary N) is 1. The summed E-state index contributed by atoms with van der Waals surface area (Å²) < 4.78 is 0.664. The van der Waals surface area contributed by atoms with E-state index in [0.717, 1.165) is 0 Å². The van der Waals surface area contributed by atoms with E-state index in [9.17, 15) is 9.90 Å². The summed E-state index contributed by atoms with van der Waals surface area (Å²) in [6.07, 6.45) is 0.434. The number of nitrogens with zero attached hydrogens (tertiary/aromatic N) is 1. The molecule has 1 unspecified atom stereocenters. The minimum absolute atomic E-state index is 0.0992. The molecule has 1 amide bonds. The fourth-order valence-electron chi connectivity index (χ4n) is 1.45. The van der Waals surface area contributed by atoms with Crippen molar-refractivity contribution in [3.8, 4) is 5.75 Å². The van der Waals surface area contributed by atoms with Crippen LogP contribution in [0, 0.1) is 0 Å². The summed E-state index contributed by atoms with van der Waals surface area (Å²) in [6, 6.07) is 4.52. The van der Waals surface area contributed by atoms with Crippen molar-refractivity contribution >= 4 is 27.7 Å². The summed E-state index contributed by atoms with van der Waals surface area (Å²) in [5, 5.41) is 24.0. The number of phenols is 1. The van der Waals surface area contributed by atoms with Gasteiger partial charge in [-0.3, -0.25) is 4.79 Å². The van der Waals surface area contributed by atoms with Crippen molar-refractivity contribution in [1.82, 2.24) is 5.32 Å². The van der Waals surface area contributed by atoms with Crippen LogP contribution >= 0.6 is 15.9 Å². The van der Waals surface area contributed by atoms with Crippen LogP contribution in [0.25, 0.3) is 0 Å². The number of aromatic hydroxyl groups is 1. The lowest BCUT2D eigenvalue weighted by Gasteiger charge is -2.28. The van der Waals surface area contributed by atoms with Crippen molar-refractivity contribution in [3.05, 3.63) is 28.2 Å². The summed E-state index contributed by atoms with van der Waals surface area (Å²) in [6.45, 7) is 3.42. The lowest BCUT2D eigenvalue weighted by Crippen LogP contribution is -2.55. The Morgan fingerprint density at radius 2 is 2.21 bits per heavy atom. The average Bonchev–Trinajstić information content (AvgIpc) is 2.40. The minimum atomic E-state index is -0.986. The topological polar surface area (TPSA) is 108 Å². The van der Waals surface area contributed by atoms with Gasteiger partial charge in [0.2, 0.25) is 0 Å². The normalized spacial score (nSPS) is 14.8. The number of nitrogens with one attached hydrogen (secondary N) is 1. The van der Waals surface area contributed by atoms with Crippen molar-refractivity contribution < 1.29 is 15.1 Å². The van der Waals surface area contributed by atoms with Gasteiger partial charge in [-0.2, -0.15) is 0 Å². The molecule has 104 valence electrons. The summed E-state index contributed by atoms with van der Waals surface area (Å²) in [7, 11) is 0. The fraction of sp³-hybridized carbons (Fsp3) is 0.333. The number of phenolic OH excluding ortho intramolecular Hbond substituents is 1. The van der Waals surface area contributed by atoms with Crippen LogP contribution in [0.4, 0.5) is 0 Å². The van der Waals surface area contributed by atoms with Crippen LogP contribution in [0.15, 0.2) is 27.8 Å². The summed E-state index contributed by atoms with van der Waals surface area (Å²) in [5.74, 6) is -0.744. The Kier molecular flexibility index (Phi) is 4.77. The standard InChI is InChI=1S/C12H16BrN3O3/c1-3-12(2,11(14)16-19)15-10(18)8-6-7(13)4-5-9(8)17/h4-6,17,19H,3H2,1-2H3,(H2,14,16)(H,15,18). The van der Waals surface area contributed by atoms with Gasteiger partial charge in [-0.25, -0.2) is 0 Å². The number of hydrogen-bond donors (Lipinski definition) is 4. The SMILES string of the molecule is CCC(C)(NC(=O)c1cc(Br)ccc1O)/C(N)=N/O. The van der Waals surface area contributed by atoms with E-state index in [2.05, 4.69) is 26.4 Å². The third kappa shape index (κ3) is 3.37. The number of oxime groups is 1. The number of benzene rings is 1. The van der Waals surface area contributed by atoms with Gasteiger partial charge in [0.1, 0.15) is 5.75 Å². The molecule has 0 aromatic heterocycles. The lowest BCUT2D eigenvalue weighted by atomic mass is 9.96. The number of amidine groups is 1. The van der Waals surface area contributed by atoms with Gasteiger partial charge in [0.25, 0.3) is 5.91 Å². The maximum Gasteiger partial charge on any atom is 0.255 e. The molecular weight excluding hydrogens is 314 g/mol. The van der Waals surface area contributed by atoms with Crippen LogP contribution in [-0.2, 0) is 0 Å². The van der Waals surface area contributed by atoms with Gasteiger partial charge in [0.15, 0.2) is 5.84 Å². The zero-order valence-corrected chi connectivity index (χ0v) is 12.2. The second-order valence-corrected chi connectivity index (χ2v) is 5.20. The molecule has 0 radical (unpaired) electrons. The van der Waals surface area contributed by atoms with Crippen LogP contribution in [0.2, 0.25) is 0 Å². The highest BCUT2D eigenvalue weighted by atomic mass is 79.9. The van der Waals surface area contributed by atoms with Crippen molar-refractivity contribution in [2.75, 3.05) is 0 Å². The number of carbonyl (C=O) groups excluding carboxylic acids is 1. The molecule has 0 aliphatic heterocycles. The van der Waals surface area contributed by atoms with E-state index in [0.29, 0.717) is 10.9 Å². The molecule has 0 heterocycles. The van der Waals surface area contributed by atoms with E-state index in [4.69, 9.17) is 10.9 Å². The summed E-state index contributed by atoms with van der Waals surface area (Å²) >= 11 is 3.22. The van der Waals surface area contributed by atoms with Crippen LogP contribution in [0.1, 0.15) is 30.6 Å².